The predicted octanol–water partition coefficient (Wildman–Crippen LogP) is 4.23. The molecule has 1 heterocycles. The number of hydrogen-bond acceptors (Lipinski definition) is 3. The van der Waals surface area contributed by atoms with Crippen LogP contribution < -0.4 is 4.90 Å². The molecule has 3 aromatic rings. The van der Waals surface area contributed by atoms with Crippen molar-refractivity contribution in [2.45, 2.75) is 12.5 Å². The van der Waals surface area contributed by atoms with Crippen LogP contribution in [0.4, 0.5) is 5.69 Å². The van der Waals surface area contributed by atoms with E-state index in [0.29, 0.717) is 0 Å². The second kappa shape index (κ2) is 9.80. The zero-order valence-corrected chi connectivity index (χ0v) is 18.4. The van der Waals surface area contributed by atoms with Crippen LogP contribution in [0, 0.1) is 0 Å². The van der Waals surface area contributed by atoms with Crippen molar-refractivity contribution in [2.75, 3.05) is 45.2 Å². The number of carbonyl (C=O) groups excluding carboxylic acids is 1. The van der Waals surface area contributed by atoms with Crippen LogP contribution in [0.3, 0.4) is 0 Å². The van der Waals surface area contributed by atoms with Crippen molar-refractivity contribution in [1.82, 2.24) is 9.80 Å². The first kappa shape index (κ1) is 21.1. The summed E-state index contributed by atoms with van der Waals surface area (Å²) in [6, 6.07) is 29.0. The third-order valence-electron chi connectivity index (χ3n) is 5.88. The maximum absolute atomic E-state index is 13.6. The molecule has 0 N–H and O–H groups in total. The first-order valence-electron chi connectivity index (χ1n) is 11.0. The van der Waals surface area contributed by atoms with Gasteiger partial charge < -0.3 is 14.7 Å². The molecule has 1 aliphatic rings. The normalized spacial score (nSPS) is 14.3. The molecule has 1 amide bonds. The van der Waals surface area contributed by atoms with Crippen LogP contribution >= 0.6 is 0 Å². The van der Waals surface area contributed by atoms with Crippen LogP contribution in [0.25, 0.3) is 0 Å². The number of nitrogens with zero attached hydrogens (tertiary/aromatic N) is 3. The molecular weight excluding hydrogens is 382 g/mol. The maximum Gasteiger partial charge on any atom is 0.234 e. The van der Waals surface area contributed by atoms with Crippen LogP contribution in [0.1, 0.15) is 22.6 Å². The molecule has 1 saturated heterocycles. The molecule has 4 nitrogen and oxygen atoms in total. The summed E-state index contributed by atoms with van der Waals surface area (Å²) in [7, 11) is 4.18. The van der Waals surface area contributed by atoms with Gasteiger partial charge in [-0.3, -0.25) is 4.79 Å². The lowest BCUT2D eigenvalue weighted by Crippen LogP contribution is -2.50. The van der Waals surface area contributed by atoms with E-state index in [4.69, 9.17) is 0 Å². The third-order valence-corrected chi connectivity index (χ3v) is 5.88. The first-order valence-corrected chi connectivity index (χ1v) is 11.0. The molecule has 4 rings (SSSR count). The zero-order chi connectivity index (χ0) is 21.6. The lowest BCUT2D eigenvalue weighted by atomic mass is 9.90. The van der Waals surface area contributed by atoms with Crippen molar-refractivity contribution >= 4 is 11.6 Å². The topological polar surface area (TPSA) is 26.8 Å². The molecule has 0 atom stereocenters. The lowest BCUT2D eigenvalue weighted by Gasteiger charge is -2.38. The molecule has 0 aromatic heterocycles. The van der Waals surface area contributed by atoms with Gasteiger partial charge in [-0.25, -0.2) is 0 Å². The molecule has 4 heteroatoms. The number of piperazine rings is 1. The molecule has 3 aromatic carbocycles. The van der Waals surface area contributed by atoms with E-state index in [1.807, 2.05) is 41.3 Å². The van der Waals surface area contributed by atoms with Crippen LogP contribution in [0.5, 0.6) is 0 Å². The monoisotopic (exact) mass is 413 g/mol. The summed E-state index contributed by atoms with van der Waals surface area (Å²) in [6.45, 7) is 4.13. The van der Waals surface area contributed by atoms with Crippen molar-refractivity contribution in [3.05, 3.63) is 102 Å². The van der Waals surface area contributed by atoms with Gasteiger partial charge in [0, 0.05) is 38.4 Å². The van der Waals surface area contributed by atoms with Crippen LogP contribution in [0.2, 0.25) is 0 Å². The van der Waals surface area contributed by atoms with E-state index in [1.54, 1.807) is 0 Å². The van der Waals surface area contributed by atoms with E-state index in [1.165, 1.54) is 11.3 Å². The highest BCUT2D eigenvalue weighted by molar-refractivity contribution is 5.87. The Labute approximate surface area is 185 Å². The van der Waals surface area contributed by atoms with E-state index in [-0.39, 0.29) is 11.8 Å². The van der Waals surface area contributed by atoms with E-state index >= 15 is 0 Å². The molecule has 0 spiro atoms. The number of carbonyl (C=O) groups is 1. The third kappa shape index (κ3) is 5.15. The number of benzene rings is 3. The Hall–Kier alpha value is -3.11. The van der Waals surface area contributed by atoms with Gasteiger partial charge in [0.05, 0.1) is 5.92 Å². The molecule has 0 bridgehead atoms. The summed E-state index contributed by atoms with van der Waals surface area (Å²) in [6.07, 6.45) is 0. The molecule has 0 saturated carbocycles. The van der Waals surface area contributed by atoms with E-state index in [0.717, 1.165) is 43.9 Å². The quantitative estimate of drug-likeness (QED) is 0.605. The maximum atomic E-state index is 13.6. The molecular formula is C27H31N3O. The van der Waals surface area contributed by atoms with Crippen molar-refractivity contribution < 1.29 is 4.79 Å². The average Bonchev–Trinajstić information content (AvgIpc) is 2.80. The molecule has 0 unspecified atom stereocenters. The Kier molecular flexibility index (Phi) is 6.68. The predicted molar refractivity (Wildman–Crippen MR) is 127 cm³/mol. The minimum atomic E-state index is -0.252. The number of amides is 1. The van der Waals surface area contributed by atoms with Crippen LogP contribution in [0.15, 0.2) is 84.9 Å². The Balaban J connectivity index is 1.48. The lowest BCUT2D eigenvalue weighted by molar-refractivity contribution is -0.132. The fourth-order valence-corrected chi connectivity index (χ4v) is 4.35. The minimum Gasteiger partial charge on any atom is -0.368 e. The second-order valence-electron chi connectivity index (χ2n) is 8.47. The van der Waals surface area contributed by atoms with Gasteiger partial charge in [0.2, 0.25) is 5.91 Å². The highest BCUT2D eigenvalue weighted by atomic mass is 16.2. The number of rotatable bonds is 6. The fraction of sp³-hybridized carbons (Fsp3) is 0.296. The standard InChI is InChI=1S/C27H31N3O/c1-28(2)21-22-10-9-15-25(20-22)29-16-18-30(19-17-29)27(31)26(23-11-5-3-6-12-23)24-13-7-4-8-14-24/h3-15,20,26H,16-19,21H2,1-2H3. The van der Waals surface area contributed by atoms with E-state index < -0.39 is 0 Å². The molecule has 1 aliphatic heterocycles. The Morgan fingerprint density at radius 2 is 1.39 bits per heavy atom. The van der Waals surface area contributed by atoms with Gasteiger partial charge in [0.1, 0.15) is 0 Å². The summed E-state index contributed by atoms with van der Waals surface area (Å²) in [5.74, 6) is -0.0595. The van der Waals surface area contributed by atoms with E-state index in [9.17, 15) is 4.79 Å². The summed E-state index contributed by atoms with van der Waals surface area (Å²) in [5.41, 5.74) is 4.67. The van der Waals surface area contributed by atoms with Gasteiger partial charge in [-0.1, -0.05) is 72.8 Å². The van der Waals surface area contributed by atoms with Gasteiger partial charge in [-0.15, -0.1) is 0 Å². The number of hydrogen-bond donors (Lipinski definition) is 0. The molecule has 31 heavy (non-hydrogen) atoms. The summed E-state index contributed by atoms with van der Waals surface area (Å²) >= 11 is 0. The largest absolute Gasteiger partial charge is 0.368 e. The summed E-state index contributed by atoms with van der Waals surface area (Å²) < 4.78 is 0. The Morgan fingerprint density at radius 3 is 1.94 bits per heavy atom. The van der Waals surface area contributed by atoms with E-state index in [2.05, 4.69) is 72.4 Å². The summed E-state index contributed by atoms with van der Waals surface area (Å²) in [5, 5.41) is 0. The van der Waals surface area contributed by atoms with Gasteiger partial charge in [-0.2, -0.15) is 0 Å². The SMILES string of the molecule is CN(C)Cc1cccc(N2CCN(C(=O)C(c3ccccc3)c3ccccc3)CC2)c1. The van der Waals surface area contributed by atoms with Crippen LogP contribution in [-0.2, 0) is 11.3 Å². The Morgan fingerprint density at radius 1 is 0.806 bits per heavy atom. The van der Waals surface area contributed by atoms with Gasteiger partial charge in [0.15, 0.2) is 0 Å². The number of anilines is 1. The van der Waals surface area contributed by atoms with Crippen molar-refractivity contribution in [3.63, 3.8) is 0 Å². The first-order chi connectivity index (χ1) is 15.1. The fourth-order valence-electron chi connectivity index (χ4n) is 4.35. The summed E-state index contributed by atoms with van der Waals surface area (Å²) in [4.78, 5) is 20.2. The minimum absolute atomic E-state index is 0.193. The molecule has 0 aliphatic carbocycles. The van der Waals surface area contributed by atoms with Crippen molar-refractivity contribution in [1.29, 1.82) is 0 Å². The highest BCUT2D eigenvalue weighted by Gasteiger charge is 2.29. The van der Waals surface area contributed by atoms with Crippen molar-refractivity contribution in [2.24, 2.45) is 0 Å². The average molecular weight is 414 g/mol. The molecule has 0 radical (unpaired) electrons. The van der Waals surface area contributed by atoms with Crippen molar-refractivity contribution in [3.8, 4) is 0 Å². The second-order valence-corrected chi connectivity index (χ2v) is 8.47. The zero-order valence-electron chi connectivity index (χ0n) is 18.4. The van der Waals surface area contributed by atoms with Gasteiger partial charge in [-0.05, 0) is 42.9 Å². The Bertz CT molecular complexity index is 940. The van der Waals surface area contributed by atoms with Gasteiger partial charge >= 0.3 is 0 Å². The van der Waals surface area contributed by atoms with Crippen LogP contribution in [-0.4, -0.2) is 56.0 Å². The highest BCUT2D eigenvalue weighted by Crippen LogP contribution is 2.28. The molecule has 1 fully saturated rings. The molecule has 160 valence electrons. The van der Waals surface area contributed by atoms with Gasteiger partial charge in [0.25, 0.3) is 0 Å². The smallest absolute Gasteiger partial charge is 0.234 e.